The highest BCUT2D eigenvalue weighted by Crippen LogP contribution is 2.38. The average molecular weight is 339 g/mol. The van der Waals surface area contributed by atoms with Crippen LogP contribution in [0.5, 0.6) is 17.2 Å². The molecule has 120 valence electrons. The van der Waals surface area contributed by atoms with Crippen molar-refractivity contribution in [3.05, 3.63) is 17.7 Å². The zero-order valence-electron chi connectivity index (χ0n) is 12.2. The molecule has 0 fully saturated rings. The Hall–Kier alpha value is -1.18. The normalized spacial score (nSPS) is 11.2. The maximum atomic E-state index is 10.7. The van der Waals surface area contributed by atoms with E-state index in [4.69, 9.17) is 29.6 Å². The Morgan fingerprint density at radius 2 is 1.62 bits per heavy atom. The predicted octanol–water partition coefficient (Wildman–Crippen LogP) is 1.98. The molecule has 0 saturated heterocycles. The summed E-state index contributed by atoms with van der Waals surface area (Å²) < 4.78 is 42.6. The predicted molar refractivity (Wildman–Crippen MR) is 80.2 cm³/mol. The Labute approximate surface area is 129 Å². The molecule has 21 heavy (non-hydrogen) atoms. The van der Waals surface area contributed by atoms with Crippen LogP contribution in [-0.4, -0.2) is 48.2 Å². The molecule has 1 aromatic rings. The van der Waals surface area contributed by atoms with Crippen molar-refractivity contribution in [1.29, 1.82) is 0 Å². The van der Waals surface area contributed by atoms with Crippen molar-refractivity contribution in [3.8, 4) is 17.2 Å². The third kappa shape index (κ3) is 6.41. The summed E-state index contributed by atoms with van der Waals surface area (Å²) in [6, 6.07) is 3.66. The summed E-state index contributed by atoms with van der Waals surface area (Å²) in [4.78, 5) is 0. The summed E-state index contributed by atoms with van der Waals surface area (Å²) in [5, 5.41) is 0. The number of hydrogen-bond acceptors (Lipinski definition) is 6. The highest BCUT2D eigenvalue weighted by atomic mass is 35.7. The minimum atomic E-state index is -3.52. The van der Waals surface area contributed by atoms with Gasteiger partial charge in [-0.15, -0.1) is 0 Å². The summed E-state index contributed by atoms with van der Waals surface area (Å²) in [7, 11) is 4.63. The number of hydrogen-bond donors (Lipinski definition) is 0. The molecule has 0 aliphatic carbocycles. The molecule has 0 spiro atoms. The molecular formula is C13H19ClO6S. The zero-order valence-corrected chi connectivity index (χ0v) is 13.8. The Bertz CT molecular complexity index is 533. The molecule has 0 radical (unpaired) electrons. The second-order valence-corrected chi connectivity index (χ2v) is 7.10. The lowest BCUT2D eigenvalue weighted by Crippen LogP contribution is -2.12. The van der Waals surface area contributed by atoms with Crippen LogP contribution in [0.3, 0.4) is 0 Å². The summed E-state index contributed by atoms with van der Waals surface area (Å²) in [5.41, 5.74) is 0.986. The second kappa shape index (κ2) is 8.31. The number of halogens is 1. The van der Waals surface area contributed by atoms with E-state index in [0.717, 1.165) is 5.56 Å². The second-order valence-electron chi connectivity index (χ2n) is 4.20. The van der Waals surface area contributed by atoms with Crippen molar-refractivity contribution in [2.45, 2.75) is 6.92 Å². The highest BCUT2D eigenvalue weighted by molar-refractivity contribution is 8.13. The van der Waals surface area contributed by atoms with Crippen LogP contribution in [-0.2, 0) is 13.8 Å². The lowest BCUT2D eigenvalue weighted by atomic mass is 10.2. The van der Waals surface area contributed by atoms with Crippen LogP contribution >= 0.6 is 10.7 Å². The summed E-state index contributed by atoms with van der Waals surface area (Å²) in [6.45, 7) is 2.41. The van der Waals surface area contributed by atoms with Gasteiger partial charge in [0.2, 0.25) is 14.8 Å². The number of ether oxygens (including phenoxy) is 4. The van der Waals surface area contributed by atoms with E-state index in [-0.39, 0.29) is 25.6 Å². The van der Waals surface area contributed by atoms with E-state index in [1.165, 1.54) is 0 Å². The third-order valence-corrected chi connectivity index (χ3v) is 3.67. The van der Waals surface area contributed by atoms with Gasteiger partial charge in [0.25, 0.3) is 0 Å². The first-order valence-electron chi connectivity index (χ1n) is 6.23. The van der Waals surface area contributed by atoms with Crippen LogP contribution in [0.25, 0.3) is 0 Å². The fourth-order valence-corrected chi connectivity index (χ4v) is 2.12. The van der Waals surface area contributed by atoms with E-state index in [1.807, 2.05) is 19.1 Å². The molecule has 0 unspecified atom stereocenters. The van der Waals surface area contributed by atoms with Crippen LogP contribution in [0.1, 0.15) is 5.56 Å². The molecule has 0 aliphatic rings. The maximum absolute atomic E-state index is 10.7. The Balaban J connectivity index is 2.51. The smallest absolute Gasteiger partial charge is 0.234 e. The molecule has 8 heteroatoms. The Morgan fingerprint density at radius 1 is 1.05 bits per heavy atom. The van der Waals surface area contributed by atoms with Crippen molar-refractivity contribution in [2.75, 3.05) is 39.8 Å². The quantitative estimate of drug-likeness (QED) is 0.506. The largest absolute Gasteiger partial charge is 0.493 e. The maximum Gasteiger partial charge on any atom is 0.234 e. The molecule has 0 atom stereocenters. The van der Waals surface area contributed by atoms with Gasteiger partial charge in [0.15, 0.2) is 11.5 Å². The fraction of sp³-hybridized carbons (Fsp3) is 0.538. The molecule has 0 saturated carbocycles. The fourth-order valence-electron chi connectivity index (χ4n) is 1.62. The first-order chi connectivity index (χ1) is 9.87. The van der Waals surface area contributed by atoms with Gasteiger partial charge in [0.1, 0.15) is 6.61 Å². The number of aryl methyl sites for hydroxylation is 1. The lowest BCUT2D eigenvalue weighted by Gasteiger charge is -2.15. The van der Waals surface area contributed by atoms with E-state index in [1.54, 1.807) is 14.2 Å². The first-order valence-corrected chi connectivity index (χ1v) is 8.70. The summed E-state index contributed by atoms with van der Waals surface area (Å²) in [6.07, 6.45) is 0. The van der Waals surface area contributed by atoms with Gasteiger partial charge < -0.3 is 18.9 Å². The van der Waals surface area contributed by atoms with Crippen LogP contribution < -0.4 is 14.2 Å². The highest BCUT2D eigenvalue weighted by Gasteiger charge is 2.13. The number of benzene rings is 1. The lowest BCUT2D eigenvalue weighted by molar-refractivity contribution is 0.109. The van der Waals surface area contributed by atoms with E-state index < -0.39 is 9.05 Å². The minimum Gasteiger partial charge on any atom is -0.493 e. The van der Waals surface area contributed by atoms with Gasteiger partial charge in [-0.1, -0.05) is 0 Å². The van der Waals surface area contributed by atoms with E-state index >= 15 is 0 Å². The molecule has 1 aromatic carbocycles. The third-order valence-electron chi connectivity index (χ3n) is 2.55. The van der Waals surface area contributed by atoms with Gasteiger partial charge >= 0.3 is 0 Å². The van der Waals surface area contributed by atoms with Gasteiger partial charge in [0.05, 0.1) is 33.2 Å². The Morgan fingerprint density at radius 3 is 2.10 bits per heavy atom. The van der Waals surface area contributed by atoms with Crippen molar-refractivity contribution >= 4 is 19.7 Å². The average Bonchev–Trinajstić information content (AvgIpc) is 2.41. The topological polar surface area (TPSA) is 71.1 Å². The molecule has 0 N–H and O–H groups in total. The van der Waals surface area contributed by atoms with E-state index in [0.29, 0.717) is 17.2 Å². The Kier molecular flexibility index (Phi) is 7.07. The zero-order chi connectivity index (χ0) is 15.9. The SMILES string of the molecule is COc1cc(C)cc(OC)c1OCCOCCS(=O)(=O)Cl. The van der Waals surface area contributed by atoms with Crippen molar-refractivity contribution < 1.29 is 27.4 Å². The van der Waals surface area contributed by atoms with Crippen LogP contribution in [0.15, 0.2) is 12.1 Å². The van der Waals surface area contributed by atoms with Gasteiger partial charge in [-0.2, -0.15) is 0 Å². The van der Waals surface area contributed by atoms with Gasteiger partial charge in [-0.05, 0) is 24.6 Å². The van der Waals surface area contributed by atoms with Gasteiger partial charge in [-0.3, -0.25) is 0 Å². The van der Waals surface area contributed by atoms with Crippen molar-refractivity contribution in [1.82, 2.24) is 0 Å². The van der Waals surface area contributed by atoms with E-state index in [9.17, 15) is 8.42 Å². The molecule has 0 bridgehead atoms. The molecular weight excluding hydrogens is 320 g/mol. The molecule has 6 nitrogen and oxygen atoms in total. The first kappa shape index (κ1) is 17.9. The van der Waals surface area contributed by atoms with Crippen LogP contribution in [0.4, 0.5) is 0 Å². The number of methoxy groups -OCH3 is 2. The molecule has 0 aromatic heterocycles. The molecule has 1 rings (SSSR count). The standard InChI is InChI=1S/C13H19ClO6S/c1-10-8-11(17-2)13(12(9-10)18-3)20-5-4-19-6-7-21(14,15)16/h8-9H,4-7H2,1-3H3. The molecule has 0 amide bonds. The monoisotopic (exact) mass is 338 g/mol. The summed E-state index contributed by atoms with van der Waals surface area (Å²) >= 11 is 0. The minimum absolute atomic E-state index is 0.0252. The van der Waals surface area contributed by atoms with Crippen LogP contribution in [0, 0.1) is 6.92 Å². The van der Waals surface area contributed by atoms with Gasteiger partial charge in [0, 0.05) is 10.7 Å². The van der Waals surface area contributed by atoms with Crippen LogP contribution in [0.2, 0.25) is 0 Å². The van der Waals surface area contributed by atoms with Gasteiger partial charge in [-0.25, -0.2) is 8.42 Å². The summed E-state index contributed by atoms with van der Waals surface area (Å²) in [5.74, 6) is 1.38. The van der Waals surface area contributed by atoms with Crippen molar-refractivity contribution in [3.63, 3.8) is 0 Å². The van der Waals surface area contributed by atoms with Crippen molar-refractivity contribution in [2.24, 2.45) is 0 Å². The van der Waals surface area contributed by atoms with E-state index in [2.05, 4.69) is 0 Å². The molecule has 0 heterocycles. The molecule has 0 aliphatic heterocycles. The number of rotatable bonds is 9.